The summed E-state index contributed by atoms with van der Waals surface area (Å²) >= 11 is 0. The van der Waals surface area contributed by atoms with Crippen LogP contribution in [0.2, 0.25) is 0 Å². The summed E-state index contributed by atoms with van der Waals surface area (Å²) in [5, 5.41) is 0. The summed E-state index contributed by atoms with van der Waals surface area (Å²) in [6, 6.07) is 9.20. The third kappa shape index (κ3) is 5.56. The Morgan fingerprint density at radius 1 is 0.852 bits per heavy atom. The van der Waals surface area contributed by atoms with E-state index in [1.54, 1.807) is 0 Å². The number of hydrogen-bond donors (Lipinski definition) is 0. The van der Waals surface area contributed by atoms with Gasteiger partial charge in [-0.25, -0.2) is 0 Å². The van der Waals surface area contributed by atoms with Gasteiger partial charge in [0.25, 0.3) is 0 Å². The largest absolute Gasteiger partial charge is 0.295 e. The molecule has 1 fully saturated rings. The lowest BCUT2D eigenvalue weighted by Crippen LogP contribution is -2.17. The Morgan fingerprint density at radius 2 is 1.59 bits per heavy atom. The second-order valence-corrected chi connectivity index (χ2v) is 8.93. The molecule has 0 N–H and O–H groups in total. The molecule has 0 bridgehead atoms. The van der Waals surface area contributed by atoms with E-state index in [9.17, 15) is 4.79 Å². The molecule has 1 unspecified atom stereocenters. The molecule has 0 saturated heterocycles. The minimum absolute atomic E-state index is 0.276. The van der Waals surface area contributed by atoms with Crippen LogP contribution in [-0.2, 0) is 4.79 Å². The number of unbranched alkanes of at least 4 members (excludes halogenated alkanes) is 2. The average Bonchev–Trinajstić information content (AvgIpc) is 2.70. The first-order chi connectivity index (χ1) is 13.2. The number of hydrogen-bond acceptors (Lipinski definition) is 1. The van der Waals surface area contributed by atoms with Crippen LogP contribution in [0.25, 0.3) is 5.57 Å². The molecule has 1 nitrogen and oxygen atoms in total. The maximum Gasteiger partial charge on any atom is 0.159 e. The summed E-state index contributed by atoms with van der Waals surface area (Å²) in [6.45, 7) is 4.53. The van der Waals surface area contributed by atoms with Gasteiger partial charge in [0.2, 0.25) is 0 Å². The molecular weight excluding hydrogens is 328 g/mol. The predicted octanol–water partition coefficient (Wildman–Crippen LogP) is 7.70. The minimum atomic E-state index is 0.276. The lowest BCUT2D eigenvalue weighted by molar-refractivity contribution is -0.118. The predicted molar refractivity (Wildman–Crippen MR) is 116 cm³/mol. The first kappa shape index (κ1) is 20.4. The van der Waals surface area contributed by atoms with Gasteiger partial charge < -0.3 is 0 Å². The number of rotatable bonds is 8. The highest BCUT2D eigenvalue weighted by Gasteiger charge is 2.24. The van der Waals surface area contributed by atoms with Crippen LogP contribution in [0, 0.1) is 11.8 Å². The Balaban J connectivity index is 1.56. The van der Waals surface area contributed by atoms with E-state index in [-0.39, 0.29) is 5.92 Å². The van der Waals surface area contributed by atoms with Gasteiger partial charge in [-0.2, -0.15) is 0 Å². The highest BCUT2D eigenvalue weighted by atomic mass is 16.1. The minimum Gasteiger partial charge on any atom is -0.295 e. The molecule has 3 rings (SSSR count). The fourth-order valence-electron chi connectivity index (χ4n) is 5.15. The zero-order chi connectivity index (χ0) is 19.1. The standard InChI is InChI=1S/C26H38O/c1-3-5-6-8-24-17-18-25(19-26(24)27)23-15-13-22(14-16-23)21-11-9-20(7-4-2)10-12-21/h13-16,19-21,24H,3-12,17-18H2,1-2H3/t20-,21-,24?. The third-order valence-electron chi connectivity index (χ3n) is 6.93. The number of carbonyl (C=O) groups excluding carboxylic acids is 1. The van der Waals surface area contributed by atoms with Gasteiger partial charge in [0, 0.05) is 5.92 Å². The topological polar surface area (TPSA) is 17.1 Å². The lowest BCUT2D eigenvalue weighted by Gasteiger charge is -2.29. The van der Waals surface area contributed by atoms with Crippen molar-refractivity contribution >= 4 is 11.4 Å². The molecule has 0 spiro atoms. The molecular formula is C26H38O. The summed E-state index contributed by atoms with van der Waals surface area (Å²) in [7, 11) is 0. The maximum absolute atomic E-state index is 12.5. The molecule has 1 heteroatoms. The number of benzene rings is 1. The van der Waals surface area contributed by atoms with Gasteiger partial charge in [0.1, 0.15) is 0 Å². The molecule has 148 valence electrons. The van der Waals surface area contributed by atoms with E-state index < -0.39 is 0 Å². The van der Waals surface area contributed by atoms with Gasteiger partial charge in [-0.05, 0) is 79.6 Å². The van der Waals surface area contributed by atoms with Crippen LogP contribution in [0.1, 0.15) is 108 Å². The smallest absolute Gasteiger partial charge is 0.159 e. The summed E-state index contributed by atoms with van der Waals surface area (Å²) in [4.78, 5) is 12.5. The molecule has 0 radical (unpaired) electrons. The molecule has 1 saturated carbocycles. The van der Waals surface area contributed by atoms with Crippen molar-refractivity contribution in [3.05, 3.63) is 41.5 Å². The van der Waals surface area contributed by atoms with Crippen molar-refractivity contribution < 1.29 is 4.79 Å². The summed E-state index contributed by atoms with van der Waals surface area (Å²) in [5.74, 6) is 2.36. The molecule has 0 heterocycles. The van der Waals surface area contributed by atoms with Gasteiger partial charge in [-0.1, -0.05) is 70.2 Å². The molecule has 27 heavy (non-hydrogen) atoms. The fraction of sp³-hybridized carbons (Fsp3) is 0.654. The Morgan fingerprint density at radius 3 is 2.22 bits per heavy atom. The van der Waals surface area contributed by atoms with Gasteiger partial charge >= 0.3 is 0 Å². The van der Waals surface area contributed by atoms with Crippen LogP contribution in [0.15, 0.2) is 30.3 Å². The van der Waals surface area contributed by atoms with Crippen molar-refractivity contribution in [3.8, 4) is 0 Å². The molecule has 0 aromatic heterocycles. The monoisotopic (exact) mass is 366 g/mol. The average molecular weight is 367 g/mol. The Hall–Kier alpha value is -1.37. The number of allylic oxidation sites excluding steroid dienone is 2. The first-order valence-electron chi connectivity index (χ1n) is 11.6. The van der Waals surface area contributed by atoms with Crippen LogP contribution >= 0.6 is 0 Å². The first-order valence-corrected chi connectivity index (χ1v) is 11.6. The van der Waals surface area contributed by atoms with Crippen molar-refractivity contribution in [1.82, 2.24) is 0 Å². The molecule has 2 aliphatic rings. The van der Waals surface area contributed by atoms with Crippen molar-refractivity contribution in [3.63, 3.8) is 0 Å². The highest BCUT2D eigenvalue weighted by molar-refractivity contribution is 5.99. The van der Waals surface area contributed by atoms with Gasteiger partial charge in [0.15, 0.2) is 5.78 Å². The third-order valence-corrected chi connectivity index (χ3v) is 6.93. The van der Waals surface area contributed by atoms with Crippen LogP contribution in [0.3, 0.4) is 0 Å². The quantitative estimate of drug-likeness (QED) is 0.431. The second-order valence-electron chi connectivity index (χ2n) is 8.93. The molecule has 0 aliphatic heterocycles. The zero-order valence-corrected chi connectivity index (χ0v) is 17.5. The van der Waals surface area contributed by atoms with E-state index in [0.717, 1.165) is 31.1 Å². The van der Waals surface area contributed by atoms with Crippen LogP contribution in [-0.4, -0.2) is 5.78 Å². The Kier molecular flexibility index (Phi) is 7.73. The summed E-state index contributed by atoms with van der Waals surface area (Å²) in [5.41, 5.74) is 4.03. The highest BCUT2D eigenvalue weighted by Crippen LogP contribution is 2.38. The maximum atomic E-state index is 12.5. The Bertz CT molecular complexity index is 616. The van der Waals surface area contributed by atoms with E-state index in [1.807, 2.05) is 6.08 Å². The van der Waals surface area contributed by atoms with Gasteiger partial charge in [-0.3, -0.25) is 4.79 Å². The second kappa shape index (κ2) is 10.2. The zero-order valence-electron chi connectivity index (χ0n) is 17.5. The molecule has 0 amide bonds. The molecule has 1 aromatic rings. The van der Waals surface area contributed by atoms with Crippen molar-refractivity contribution in [2.45, 2.75) is 96.8 Å². The Labute approximate surface area is 166 Å². The number of ketones is 1. The van der Waals surface area contributed by atoms with Crippen LogP contribution in [0.4, 0.5) is 0 Å². The van der Waals surface area contributed by atoms with Crippen molar-refractivity contribution in [1.29, 1.82) is 0 Å². The summed E-state index contributed by atoms with van der Waals surface area (Å²) in [6.07, 6.45) is 17.1. The van der Waals surface area contributed by atoms with E-state index in [1.165, 1.54) is 74.5 Å². The molecule has 1 atom stereocenters. The van der Waals surface area contributed by atoms with Gasteiger partial charge in [0.05, 0.1) is 0 Å². The van der Waals surface area contributed by atoms with E-state index >= 15 is 0 Å². The van der Waals surface area contributed by atoms with E-state index in [4.69, 9.17) is 0 Å². The van der Waals surface area contributed by atoms with Crippen molar-refractivity contribution in [2.24, 2.45) is 11.8 Å². The van der Waals surface area contributed by atoms with Crippen LogP contribution in [0.5, 0.6) is 0 Å². The normalized spacial score (nSPS) is 26.1. The summed E-state index contributed by atoms with van der Waals surface area (Å²) < 4.78 is 0. The molecule has 1 aromatic carbocycles. The molecule has 2 aliphatic carbocycles. The van der Waals surface area contributed by atoms with E-state index in [2.05, 4.69) is 38.1 Å². The van der Waals surface area contributed by atoms with Crippen LogP contribution < -0.4 is 0 Å². The van der Waals surface area contributed by atoms with E-state index in [0.29, 0.717) is 5.78 Å². The van der Waals surface area contributed by atoms with Crippen molar-refractivity contribution in [2.75, 3.05) is 0 Å². The number of carbonyl (C=O) groups is 1. The fourth-order valence-corrected chi connectivity index (χ4v) is 5.15. The lowest BCUT2D eigenvalue weighted by atomic mass is 9.77. The van der Waals surface area contributed by atoms with Gasteiger partial charge in [-0.15, -0.1) is 0 Å². The SMILES string of the molecule is CCCCCC1CCC(c2ccc([C@H]3CC[C@H](CCC)CC3)cc2)=CC1=O.